The topological polar surface area (TPSA) is 65.4 Å². The van der Waals surface area contributed by atoms with Crippen molar-refractivity contribution in [3.05, 3.63) is 64.8 Å². The molecule has 2 aromatic carbocycles. The zero-order valence-electron chi connectivity index (χ0n) is 17.7. The van der Waals surface area contributed by atoms with Gasteiger partial charge in [0.2, 0.25) is 5.91 Å². The lowest BCUT2D eigenvalue weighted by Gasteiger charge is -2.19. The Balaban J connectivity index is 1.91. The van der Waals surface area contributed by atoms with Gasteiger partial charge < -0.3 is 14.8 Å². The molecular formula is C23H25N3O3S. The van der Waals surface area contributed by atoms with E-state index in [9.17, 15) is 4.79 Å². The normalized spacial score (nSPS) is 18.4. The second kappa shape index (κ2) is 8.07. The second-order valence-electron chi connectivity index (χ2n) is 7.31. The highest BCUT2D eigenvalue weighted by Crippen LogP contribution is 2.47. The maximum absolute atomic E-state index is 12.8. The maximum atomic E-state index is 12.8. The van der Waals surface area contributed by atoms with Gasteiger partial charge in [0.1, 0.15) is 5.82 Å². The Hall–Kier alpha value is -2.93. The summed E-state index contributed by atoms with van der Waals surface area (Å²) >= 11 is 1.61. The van der Waals surface area contributed by atoms with Gasteiger partial charge in [-0.25, -0.2) is 4.68 Å². The number of hydrogen-bond acceptors (Lipinski definition) is 5. The number of thioether (sulfide) groups is 1. The molecule has 0 spiro atoms. The van der Waals surface area contributed by atoms with E-state index in [1.54, 1.807) is 26.0 Å². The highest BCUT2D eigenvalue weighted by Gasteiger charge is 2.34. The number of para-hydroxylation sites is 1. The molecular weight excluding hydrogens is 398 g/mol. The van der Waals surface area contributed by atoms with Crippen LogP contribution in [0.25, 0.3) is 5.69 Å². The zero-order chi connectivity index (χ0) is 21.4. The third-order valence-corrected chi connectivity index (χ3v) is 6.78. The van der Waals surface area contributed by atoms with Crippen LogP contribution in [0.2, 0.25) is 0 Å². The highest BCUT2D eigenvalue weighted by atomic mass is 32.2. The number of ether oxygens (including phenoxy) is 2. The van der Waals surface area contributed by atoms with Crippen LogP contribution in [0.5, 0.6) is 11.5 Å². The molecule has 4 rings (SSSR count). The number of carbonyl (C=O) groups is 1. The van der Waals surface area contributed by atoms with Crippen molar-refractivity contribution in [3.63, 3.8) is 0 Å². The van der Waals surface area contributed by atoms with E-state index >= 15 is 0 Å². The first-order valence-electron chi connectivity index (χ1n) is 9.78. The molecule has 0 aliphatic carbocycles. The van der Waals surface area contributed by atoms with Crippen molar-refractivity contribution < 1.29 is 14.3 Å². The average Bonchev–Trinajstić information content (AvgIpc) is 2.99. The summed E-state index contributed by atoms with van der Waals surface area (Å²) < 4.78 is 12.8. The number of nitrogens with zero attached hydrogens (tertiary/aromatic N) is 2. The molecule has 1 amide bonds. The number of amides is 1. The van der Waals surface area contributed by atoms with Crippen LogP contribution in [-0.4, -0.2) is 35.2 Å². The number of fused-ring (bicyclic) bond motifs is 1. The highest BCUT2D eigenvalue weighted by molar-refractivity contribution is 8.01. The van der Waals surface area contributed by atoms with Gasteiger partial charge in [-0.1, -0.05) is 24.3 Å². The Morgan fingerprint density at radius 1 is 1.07 bits per heavy atom. The Morgan fingerprint density at radius 3 is 2.50 bits per heavy atom. The molecule has 0 saturated carbocycles. The van der Waals surface area contributed by atoms with Crippen LogP contribution in [0.3, 0.4) is 0 Å². The molecule has 1 aromatic heterocycles. The number of rotatable bonds is 4. The lowest BCUT2D eigenvalue weighted by molar-refractivity contribution is -0.115. The first kappa shape index (κ1) is 20.3. The standard InChI is InChI=1S/C23H25N3O3S/c1-13-8-6-7-9-17(13)26-22-20(14(2)25-26)21(30-15(3)23(27)24-22)16-10-11-18(28-4)19(12-16)29-5/h6-12,15,21H,1-5H3,(H,24,27). The van der Waals surface area contributed by atoms with Gasteiger partial charge in [-0.3, -0.25) is 4.79 Å². The van der Waals surface area contributed by atoms with Crippen molar-refractivity contribution in [2.24, 2.45) is 0 Å². The van der Waals surface area contributed by atoms with E-state index in [0.717, 1.165) is 33.9 Å². The summed E-state index contributed by atoms with van der Waals surface area (Å²) in [5.41, 5.74) is 4.97. The molecule has 2 unspecified atom stereocenters. The molecule has 3 aromatic rings. The van der Waals surface area contributed by atoms with E-state index in [0.29, 0.717) is 11.5 Å². The van der Waals surface area contributed by atoms with Crippen LogP contribution in [0.4, 0.5) is 5.82 Å². The number of anilines is 1. The minimum absolute atomic E-state index is 0.0287. The quantitative estimate of drug-likeness (QED) is 0.661. The number of hydrogen-bond donors (Lipinski definition) is 1. The van der Waals surface area contributed by atoms with Gasteiger partial charge in [0.05, 0.1) is 36.1 Å². The lowest BCUT2D eigenvalue weighted by atomic mass is 10.0. The van der Waals surface area contributed by atoms with E-state index in [-0.39, 0.29) is 16.4 Å². The monoisotopic (exact) mass is 423 g/mol. The summed E-state index contributed by atoms with van der Waals surface area (Å²) in [4.78, 5) is 12.8. The fourth-order valence-electron chi connectivity index (χ4n) is 3.76. The smallest absolute Gasteiger partial charge is 0.238 e. The van der Waals surface area contributed by atoms with Gasteiger partial charge in [-0.15, -0.1) is 11.8 Å². The first-order chi connectivity index (χ1) is 14.4. The molecule has 2 heterocycles. The van der Waals surface area contributed by atoms with Gasteiger partial charge in [-0.2, -0.15) is 5.10 Å². The maximum Gasteiger partial charge on any atom is 0.238 e. The molecule has 156 valence electrons. The van der Waals surface area contributed by atoms with Gasteiger partial charge in [0, 0.05) is 5.56 Å². The number of carbonyl (C=O) groups excluding carboxylic acids is 1. The summed E-state index contributed by atoms with van der Waals surface area (Å²) in [6, 6.07) is 13.9. The van der Waals surface area contributed by atoms with E-state index in [4.69, 9.17) is 14.6 Å². The predicted molar refractivity (Wildman–Crippen MR) is 120 cm³/mol. The van der Waals surface area contributed by atoms with Crippen molar-refractivity contribution in [1.82, 2.24) is 9.78 Å². The third kappa shape index (κ3) is 3.43. The van der Waals surface area contributed by atoms with Gasteiger partial charge in [0.25, 0.3) is 0 Å². The number of aryl methyl sites for hydroxylation is 2. The minimum Gasteiger partial charge on any atom is -0.493 e. The van der Waals surface area contributed by atoms with Crippen molar-refractivity contribution in [1.29, 1.82) is 0 Å². The molecule has 1 aliphatic rings. The number of benzene rings is 2. The molecule has 1 aliphatic heterocycles. The summed E-state index contributed by atoms with van der Waals surface area (Å²) in [5, 5.41) is 7.63. The Labute approximate surface area is 180 Å². The summed E-state index contributed by atoms with van der Waals surface area (Å²) in [6.07, 6.45) is 0. The van der Waals surface area contributed by atoms with Gasteiger partial charge >= 0.3 is 0 Å². The molecule has 2 atom stereocenters. The molecule has 0 bridgehead atoms. The zero-order valence-corrected chi connectivity index (χ0v) is 18.5. The van der Waals surface area contributed by atoms with Crippen LogP contribution < -0.4 is 14.8 Å². The van der Waals surface area contributed by atoms with Crippen molar-refractivity contribution in [2.75, 3.05) is 19.5 Å². The number of methoxy groups -OCH3 is 2. The van der Waals surface area contributed by atoms with Crippen LogP contribution in [0, 0.1) is 13.8 Å². The molecule has 0 radical (unpaired) electrons. The fraction of sp³-hybridized carbons (Fsp3) is 0.304. The van der Waals surface area contributed by atoms with Crippen LogP contribution in [0.15, 0.2) is 42.5 Å². The molecule has 1 N–H and O–H groups in total. The number of nitrogens with one attached hydrogen (secondary N) is 1. The van der Waals surface area contributed by atoms with Crippen molar-refractivity contribution >= 4 is 23.5 Å². The fourth-order valence-corrected chi connectivity index (χ4v) is 5.08. The van der Waals surface area contributed by atoms with Gasteiger partial charge in [-0.05, 0) is 50.1 Å². The van der Waals surface area contributed by atoms with E-state index in [2.05, 4.69) is 5.32 Å². The molecule has 30 heavy (non-hydrogen) atoms. The summed E-state index contributed by atoms with van der Waals surface area (Å²) in [7, 11) is 3.25. The minimum atomic E-state index is -0.222. The Morgan fingerprint density at radius 2 is 1.80 bits per heavy atom. The van der Waals surface area contributed by atoms with Gasteiger partial charge in [0.15, 0.2) is 11.5 Å². The van der Waals surface area contributed by atoms with Crippen LogP contribution in [-0.2, 0) is 4.79 Å². The predicted octanol–water partition coefficient (Wildman–Crippen LogP) is 4.67. The Bertz CT molecular complexity index is 1110. The average molecular weight is 424 g/mol. The van der Waals surface area contributed by atoms with Crippen LogP contribution >= 0.6 is 11.8 Å². The molecule has 7 heteroatoms. The van der Waals surface area contributed by atoms with Crippen LogP contribution in [0.1, 0.15) is 34.6 Å². The van der Waals surface area contributed by atoms with E-state index in [1.165, 1.54) is 0 Å². The molecule has 0 fully saturated rings. The first-order valence-corrected chi connectivity index (χ1v) is 10.7. The summed E-state index contributed by atoms with van der Waals surface area (Å²) in [6.45, 7) is 5.96. The lowest BCUT2D eigenvalue weighted by Crippen LogP contribution is -2.22. The third-order valence-electron chi connectivity index (χ3n) is 5.37. The van der Waals surface area contributed by atoms with Crippen molar-refractivity contribution in [2.45, 2.75) is 31.3 Å². The van der Waals surface area contributed by atoms with E-state index < -0.39 is 0 Å². The molecule has 6 nitrogen and oxygen atoms in total. The summed E-state index contributed by atoms with van der Waals surface area (Å²) in [5.74, 6) is 2.04. The largest absolute Gasteiger partial charge is 0.493 e. The Kier molecular flexibility index (Phi) is 5.47. The SMILES string of the molecule is COc1ccc(C2SC(C)C(=O)Nc3c2c(C)nn3-c2ccccc2C)cc1OC. The number of aromatic nitrogens is 2. The van der Waals surface area contributed by atoms with Crippen molar-refractivity contribution in [3.8, 4) is 17.2 Å². The van der Waals surface area contributed by atoms with E-state index in [1.807, 2.05) is 67.9 Å². The molecule has 0 saturated heterocycles. The second-order valence-corrected chi connectivity index (χ2v) is 8.76.